The molecule has 2 atom stereocenters. The van der Waals surface area contributed by atoms with E-state index < -0.39 is 0 Å². The van der Waals surface area contributed by atoms with Gasteiger partial charge in [0.25, 0.3) is 0 Å². The van der Waals surface area contributed by atoms with E-state index in [1.54, 1.807) is 0 Å². The molecule has 2 heteroatoms. The Balaban J connectivity index is 2.38. The second-order valence-corrected chi connectivity index (χ2v) is 4.40. The number of fused-ring (bicyclic) bond motifs is 1. The molecule has 1 heterocycles. The van der Waals surface area contributed by atoms with Gasteiger partial charge in [0.15, 0.2) is 0 Å². The second-order valence-electron chi connectivity index (χ2n) is 3.47. The molecule has 1 aliphatic carbocycles. The van der Waals surface area contributed by atoms with Crippen LogP contribution < -0.4 is 0 Å². The first-order valence-corrected chi connectivity index (χ1v) is 5.09. The van der Waals surface area contributed by atoms with Crippen LogP contribution in [0.15, 0.2) is 5.51 Å². The van der Waals surface area contributed by atoms with Crippen LogP contribution in [0.4, 0.5) is 0 Å². The summed E-state index contributed by atoms with van der Waals surface area (Å²) < 4.78 is 0. The molecule has 0 saturated heterocycles. The van der Waals surface area contributed by atoms with Gasteiger partial charge in [0.05, 0.1) is 11.2 Å². The third-order valence-corrected chi connectivity index (χ3v) is 3.69. The standard InChI is InChI=1S/C9H13NS/c1-6-3-4-8-9(7(6)2)10-5-11-8/h5-7H,3-4H2,1-2H3. The van der Waals surface area contributed by atoms with E-state index in [1.807, 2.05) is 16.8 Å². The molecule has 2 unspecified atom stereocenters. The summed E-state index contributed by atoms with van der Waals surface area (Å²) in [5, 5.41) is 0. The molecule has 0 aliphatic heterocycles. The Morgan fingerprint density at radius 1 is 1.55 bits per heavy atom. The van der Waals surface area contributed by atoms with E-state index in [0.29, 0.717) is 5.92 Å². The molecule has 0 N–H and O–H groups in total. The predicted octanol–water partition coefficient (Wildman–Crippen LogP) is 2.83. The predicted molar refractivity (Wildman–Crippen MR) is 48.0 cm³/mol. The lowest BCUT2D eigenvalue weighted by molar-refractivity contribution is 0.422. The van der Waals surface area contributed by atoms with E-state index in [4.69, 9.17) is 0 Å². The minimum absolute atomic E-state index is 0.685. The molecule has 1 aliphatic rings. The second kappa shape index (κ2) is 2.59. The molecule has 0 fully saturated rings. The average Bonchev–Trinajstić information content (AvgIpc) is 2.45. The quantitative estimate of drug-likeness (QED) is 0.579. The molecule has 1 nitrogen and oxygen atoms in total. The summed E-state index contributed by atoms with van der Waals surface area (Å²) in [5.74, 6) is 1.51. The van der Waals surface area contributed by atoms with Crippen molar-refractivity contribution in [2.24, 2.45) is 5.92 Å². The van der Waals surface area contributed by atoms with Crippen LogP contribution in [0.3, 0.4) is 0 Å². The number of aryl methyl sites for hydroxylation is 1. The summed E-state index contributed by atoms with van der Waals surface area (Å²) in [6.45, 7) is 4.62. The molecular formula is C9H13NS. The van der Waals surface area contributed by atoms with Crippen molar-refractivity contribution in [1.29, 1.82) is 0 Å². The van der Waals surface area contributed by atoms with E-state index in [0.717, 1.165) is 5.92 Å². The summed E-state index contributed by atoms with van der Waals surface area (Å²) in [4.78, 5) is 5.93. The fourth-order valence-electron chi connectivity index (χ4n) is 1.72. The van der Waals surface area contributed by atoms with Gasteiger partial charge in [0.1, 0.15) is 0 Å². The van der Waals surface area contributed by atoms with Crippen LogP contribution in [0.5, 0.6) is 0 Å². The molecule has 0 aromatic carbocycles. The summed E-state index contributed by atoms with van der Waals surface area (Å²) in [7, 11) is 0. The molecule has 2 rings (SSSR count). The van der Waals surface area contributed by atoms with Crippen molar-refractivity contribution in [3.8, 4) is 0 Å². The number of rotatable bonds is 0. The van der Waals surface area contributed by atoms with Gasteiger partial charge < -0.3 is 0 Å². The van der Waals surface area contributed by atoms with Crippen molar-refractivity contribution < 1.29 is 0 Å². The number of thiazole rings is 1. The topological polar surface area (TPSA) is 12.9 Å². The van der Waals surface area contributed by atoms with E-state index in [-0.39, 0.29) is 0 Å². The molecule has 0 radical (unpaired) electrons. The Morgan fingerprint density at radius 3 is 3.18 bits per heavy atom. The van der Waals surface area contributed by atoms with Gasteiger partial charge in [-0.05, 0) is 18.8 Å². The summed E-state index contributed by atoms with van der Waals surface area (Å²) in [6, 6.07) is 0. The minimum atomic E-state index is 0.685. The van der Waals surface area contributed by atoms with Gasteiger partial charge in [-0.15, -0.1) is 11.3 Å². The van der Waals surface area contributed by atoms with Crippen LogP contribution >= 0.6 is 11.3 Å². The monoisotopic (exact) mass is 167 g/mol. The van der Waals surface area contributed by atoms with Crippen LogP contribution in [0.25, 0.3) is 0 Å². The largest absolute Gasteiger partial charge is 0.249 e. The van der Waals surface area contributed by atoms with Crippen LogP contribution in [0.1, 0.15) is 36.8 Å². The van der Waals surface area contributed by atoms with E-state index in [1.165, 1.54) is 23.4 Å². The van der Waals surface area contributed by atoms with Gasteiger partial charge in [-0.3, -0.25) is 0 Å². The maximum Gasteiger partial charge on any atom is 0.0797 e. The number of nitrogens with zero attached hydrogens (tertiary/aromatic N) is 1. The van der Waals surface area contributed by atoms with Gasteiger partial charge in [0.2, 0.25) is 0 Å². The first-order valence-electron chi connectivity index (χ1n) is 4.21. The smallest absolute Gasteiger partial charge is 0.0797 e. The van der Waals surface area contributed by atoms with E-state index in [2.05, 4.69) is 18.8 Å². The zero-order valence-electron chi connectivity index (χ0n) is 7.00. The highest BCUT2D eigenvalue weighted by Gasteiger charge is 2.24. The zero-order chi connectivity index (χ0) is 7.84. The van der Waals surface area contributed by atoms with Crippen molar-refractivity contribution in [3.63, 3.8) is 0 Å². The highest BCUT2D eigenvalue weighted by atomic mass is 32.1. The van der Waals surface area contributed by atoms with Gasteiger partial charge in [-0.25, -0.2) is 4.98 Å². The maximum absolute atomic E-state index is 4.41. The Kier molecular flexibility index (Phi) is 1.72. The SMILES string of the molecule is CC1CCc2scnc2C1C. The maximum atomic E-state index is 4.41. The molecule has 60 valence electrons. The third-order valence-electron chi connectivity index (χ3n) is 2.78. The number of hydrogen-bond donors (Lipinski definition) is 0. The normalized spacial score (nSPS) is 30.0. The van der Waals surface area contributed by atoms with Crippen LogP contribution in [-0.4, -0.2) is 4.98 Å². The van der Waals surface area contributed by atoms with Crippen LogP contribution in [0.2, 0.25) is 0 Å². The van der Waals surface area contributed by atoms with Crippen molar-refractivity contribution >= 4 is 11.3 Å². The van der Waals surface area contributed by atoms with Crippen LogP contribution in [-0.2, 0) is 6.42 Å². The van der Waals surface area contributed by atoms with Crippen LogP contribution in [0, 0.1) is 5.92 Å². The highest BCUT2D eigenvalue weighted by Crippen LogP contribution is 2.36. The first-order chi connectivity index (χ1) is 5.29. The third kappa shape index (κ3) is 1.09. The molecule has 0 saturated carbocycles. The lowest BCUT2D eigenvalue weighted by atomic mass is 9.83. The molecule has 11 heavy (non-hydrogen) atoms. The highest BCUT2D eigenvalue weighted by molar-refractivity contribution is 7.09. The Labute approximate surface area is 71.5 Å². The van der Waals surface area contributed by atoms with Crippen molar-refractivity contribution in [3.05, 3.63) is 16.1 Å². The molecular weight excluding hydrogens is 154 g/mol. The molecule has 0 amide bonds. The molecule has 1 aromatic heterocycles. The summed E-state index contributed by atoms with van der Waals surface area (Å²) in [6.07, 6.45) is 2.60. The Hall–Kier alpha value is -0.370. The van der Waals surface area contributed by atoms with Gasteiger partial charge in [0, 0.05) is 10.8 Å². The number of aromatic nitrogens is 1. The average molecular weight is 167 g/mol. The van der Waals surface area contributed by atoms with Gasteiger partial charge in [-0.1, -0.05) is 13.8 Å². The summed E-state index contributed by atoms with van der Waals surface area (Å²) >= 11 is 1.82. The minimum Gasteiger partial charge on any atom is -0.249 e. The fourth-order valence-corrected chi connectivity index (χ4v) is 2.60. The van der Waals surface area contributed by atoms with E-state index >= 15 is 0 Å². The molecule has 0 bridgehead atoms. The first kappa shape index (κ1) is 7.29. The van der Waals surface area contributed by atoms with Crippen molar-refractivity contribution in [1.82, 2.24) is 4.98 Å². The molecule has 0 spiro atoms. The Morgan fingerprint density at radius 2 is 2.36 bits per heavy atom. The van der Waals surface area contributed by atoms with Gasteiger partial charge in [-0.2, -0.15) is 0 Å². The Bertz CT molecular complexity index is 254. The number of hydrogen-bond acceptors (Lipinski definition) is 2. The lowest BCUT2D eigenvalue weighted by Gasteiger charge is -2.24. The summed E-state index contributed by atoms with van der Waals surface area (Å²) in [5.41, 5.74) is 3.35. The van der Waals surface area contributed by atoms with Crippen molar-refractivity contribution in [2.75, 3.05) is 0 Å². The zero-order valence-corrected chi connectivity index (χ0v) is 7.82. The van der Waals surface area contributed by atoms with E-state index in [9.17, 15) is 0 Å². The van der Waals surface area contributed by atoms with Crippen molar-refractivity contribution in [2.45, 2.75) is 32.6 Å². The lowest BCUT2D eigenvalue weighted by Crippen LogP contribution is -2.14. The van der Waals surface area contributed by atoms with Gasteiger partial charge >= 0.3 is 0 Å². The molecule has 1 aromatic rings. The fraction of sp³-hybridized carbons (Fsp3) is 0.667.